The molecule has 0 saturated carbocycles. The molecule has 3 aromatic rings. The second kappa shape index (κ2) is 5.60. The highest BCUT2D eigenvalue weighted by Crippen LogP contribution is 2.28. The molecule has 0 aliphatic heterocycles. The highest BCUT2D eigenvalue weighted by Gasteiger charge is 2.10. The molecule has 0 spiro atoms. The molecule has 0 bridgehead atoms. The van der Waals surface area contributed by atoms with Gasteiger partial charge in [0.2, 0.25) is 0 Å². The molecular formula is C14H12N2O2S2. The number of thiophene rings is 1. The normalized spacial score (nSPS) is 10.7. The third kappa shape index (κ3) is 2.81. The Kier molecular flexibility index (Phi) is 3.66. The second-order valence-corrected chi connectivity index (χ2v) is 6.41. The summed E-state index contributed by atoms with van der Waals surface area (Å²) >= 11 is 3.28. The number of hydrogen-bond donors (Lipinski definition) is 1. The van der Waals surface area contributed by atoms with Crippen molar-refractivity contribution in [2.75, 3.05) is 0 Å². The minimum Gasteiger partial charge on any atom is -0.459 e. The number of carbonyl (C=O) groups excluding carboxylic acids is 1. The van der Waals surface area contributed by atoms with E-state index in [0.29, 0.717) is 12.3 Å². The fourth-order valence-corrected chi connectivity index (χ4v) is 3.35. The molecule has 3 heterocycles. The van der Waals surface area contributed by atoms with Crippen molar-refractivity contribution >= 4 is 28.6 Å². The number of hydrogen-bond acceptors (Lipinski definition) is 5. The lowest BCUT2D eigenvalue weighted by Gasteiger charge is -2.00. The fraction of sp³-hybridized carbons (Fsp3) is 0.143. The average molecular weight is 304 g/mol. The summed E-state index contributed by atoms with van der Waals surface area (Å²) < 4.78 is 5.04. The van der Waals surface area contributed by atoms with Gasteiger partial charge >= 0.3 is 0 Å². The van der Waals surface area contributed by atoms with Crippen LogP contribution in [0.4, 0.5) is 0 Å². The van der Waals surface area contributed by atoms with Crippen molar-refractivity contribution in [3.63, 3.8) is 0 Å². The number of rotatable bonds is 4. The molecule has 3 aromatic heterocycles. The summed E-state index contributed by atoms with van der Waals surface area (Å²) in [6.45, 7) is 2.49. The van der Waals surface area contributed by atoms with Crippen molar-refractivity contribution < 1.29 is 9.21 Å². The van der Waals surface area contributed by atoms with Gasteiger partial charge in [-0.2, -0.15) is 0 Å². The molecule has 0 fully saturated rings. The molecule has 6 heteroatoms. The Morgan fingerprint density at radius 1 is 1.40 bits per heavy atom. The number of aromatic nitrogens is 1. The van der Waals surface area contributed by atoms with Gasteiger partial charge in [0.15, 0.2) is 5.76 Å². The first-order valence-corrected chi connectivity index (χ1v) is 7.75. The van der Waals surface area contributed by atoms with Crippen LogP contribution in [0.1, 0.15) is 20.4 Å². The van der Waals surface area contributed by atoms with E-state index in [4.69, 9.17) is 4.42 Å². The summed E-state index contributed by atoms with van der Waals surface area (Å²) in [6, 6.07) is 7.39. The SMILES string of the molecule is Cc1nc(-c2ccc(CNC(=O)c3ccco3)s2)cs1. The van der Waals surface area contributed by atoms with Crippen LogP contribution in [-0.2, 0) is 6.54 Å². The molecule has 1 N–H and O–H groups in total. The second-order valence-electron chi connectivity index (χ2n) is 4.18. The van der Waals surface area contributed by atoms with Gasteiger partial charge in [-0.25, -0.2) is 4.98 Å². The highest BCUT2D eigenvalue weighted by atomic mass is 32.1. The zero-order chi connectivity index (χ0) is 13.9. The minimum absolute atomic E-state index is 0.200. The maximum absolute atomic E-state index is 11.7. The number of nitrogens with one attached hydrogen (secondary N) is 1. The number of carbonyl (C=O) groups is 1. The van der Waals surface area contributed by atoms with Crippen LogP contribution in [0.2, 0.25) is 0 Å². The summed E-state index contributed by atoms with van der Waals surface area (Å²) in [7, 11) is 0. The average Bonchev–Trinajstić information content (AvgIpc) is 3.16. The first-order chi connectivity index (χ1) is 9.72. The van der Waals surface area contributed by atoms with Gasteiger partial charge < -0.3 is 9.73 Å². The molecule has 102 valence electrons. The summed E-state index contributed by atoms with van der Waals surface area (Å²) in [6.07, 6.45) is 1.49. The Balaban J connectivity index is 1.64. The predicted molar refractivity (Wildman–Crippen MR) is 80.0 cm³/mol. The lowest BCUT2D eigenvalue weighted by Crippen LogP contribution is -2.21. The van der Waals surface area contributed by atoms with Gasteiger partial charge in [0.1, 0.15) is 0 Å². The maximum atomic E-state index is 11.7. The van der Waals surface area contributed by atoms with E-state index in [9.17, 15) is 4.79 Å². The van der Waals surface area contributed by atoms with Crippen LogP contribution in [0.25, 0.3) is 10.6 Å². The van der Waals surface area contributed by atoms with Crippen molar-refractivity contribution in [3.8, 4) is 10.6 Å². The van der Waals surface area contributed by atoms with Crippen molar-refractivity contribution in [1.29, 1.82) is 0 Å². The molecule has 0 aliphatic carbocycles. The van der Waals surface area contributed by atoms with Crippen molar-refractivity contribution in [3.05, 3.63) is 51.6 Å². The molecule has 0 atom stereocenters. The van der Waals surface area contributed by atoms with Crippen LogP contribution in [0.3, 0.4) is 0 Å². The Labute approximate surface area is 124 Å². The third-order valence-electron chi connectivity index (χ3n) is 2.70. The topological polar surface area (TPSA) is 55.1 Å². The Morgan fingerprint density at radius 3 is 3.00 bits per heavy atom. The third-order valence-corrected chi connectivity index (χ3v) is 4.58. The van der Waals surface area contributed by atoms with Gasteiger partial charge in [-0.1, -0.05) is 0 Å². The van der Waals surface area contributed by atoms with Crippen LogP contribution in [-0.4, -0.2) is 10.9 Å². The van der Waals surface area contributed by atoms with Gasteiger partial charge in [-0.3, -0.25) is 4.79 Å². The molecule has 0 unspecified atom stereocenters. The predicted octanol–water partition coefficient (Wildman–Crippen LogP) is 3.70. The number of aryl methyl sites for hydroxylation is 1. The Hall–Kier alpha value is -1.92. The van der Waals surface area contributed by atoms with Crippen LogP contribution >= 0.6 is 22.7 Å². The van der Waals surface area contributed by atoms with Crippen molar-refractivity contribution in [2.45, 2.75) is 13.5 Å². The summed E-state index contributed by atoms with van der Waals surface area (Å²) in [5.74, 6) is 0.131. The van der Waals surface area contributed by atoms with Gasteiger partial charge in [0.25, 0.3) is 5.91 Å². The summed E-state index contributed by atoms with van der Waals surface area (Å²) in [5.41, 5.74) is 1.00. The summed E-state index contributed by atoms with van der Waals surface area (Å²) in [4.78, 5) is 18.4. The first kappa shape index (κ1) is 13.1. The lowest BCUT2D eigenvalue weighted by atomic mass is 10.3. The van der Waals surface area contributed by atoms with E-state index >= 15 is 0 Å². The standard InChI is InChI=1S/C14H12N2O2S2/c1-9-16-11(8-19-9)13-5-4-10(20-13)7-15-14(17)12-3-2-6-18-12/h2-6,8H,7H2,1H3,(H,15,17). The van der Waals surface area contributed by atoms with Crippen molar-refractivity contribution in [2.24, 2.45) is 0 Å². The van der Waals surface area contributed by atoms with Crippen LogP contribution in [0.5, 0.6) is 0 Å². The molecule has 3 rings (SSSR count). The van der Waals surface area contributed by atoms with E-state index in [1.807, 2.05) is 24.4 Å². The Morgan fingerprint density at radius 2 is 2.30 bits per heavy atom. The quantitative estimate of drug-likeness (QED) is 0.799. The Bertz CT molecular complexity index is 713. The molecule has 0 aromatic carbocycles. The molecule has 1 amide bonds. The van der Waals surface area contributed by atoms with E-state index in [1.165, 1.54) is 6.26 Å². The number of thiazole rings is 1. The van der Waals surface area contributed by atoms with E-state index < -0.39 is 0 Å². The highest BCUT2D eigenvalue weighted by molar-refractivity contribution is 7.16. The molecular weight excluding hydrogens is 292 g/mol. The minimum atomic E-state index is -0.200. The van der Waals surface area contributed by atoms with E-state index in [-0.39, 0.29) is 5.91 Å². The smallest absolute Gasteiger partial charge is 0.287 e. The maximum Gasteiger partial charge on any atom is 0.287 e. The molecule has 4 nitrogen and oxygen atoms in total. The molecule has 0 saturated heterocycles. The van der Waals surface area contributed by atoms with Gasteiger partial charge in [0.05, 0.1) is 28.4 Å². The van der Waals surface area contributed by atoms with E-state index in [0.717, 1.165) is 20.5 Å². The van der Waals surface area contributed by atoms with Crippen LogP contribution in [0.15, 0.2) is 40.3 Å². The largest absolute Gasteiger partial charge is 0.459 e. The molecule has 0 radical (unpaired) electrons. The number of nitrogens with zero attached hydrogens (tertiary/aromatic N) is 1. The van der Waals surface area contributed by atoms with Gasteiger partial charge in [0, 0.05) is 10.3 Å². The first-order valence-electron chi connectivity index (χ1n) is 6.05. The number of furan rings is 1. The zero-order valence-electron chi connectivity index (χ0n) is 10.8. The summed E-state index contributed by atoms with van der Waals surface area (Å²) in [5, 5.41) is 5.94. The monoisotopic (exact) mass is 304 g/mol. The van der Waals surface area contributed by atoms with Crippen LogP contribution < -0.4 is 5.32 Å². The van der Waals surface area contributed by atoms with Crippen LogP contribution in [0, 0.1) is 6.92 Å². The number of amides is 1. The van der Waals surface area contributed by atoms with E-state index in [1.54, 1.807) is 34.8 Å². The van der Waals surface area contributed by atoms with E-state index in [2.05, 4.69) is 10.3 Å². The fourth-order valence-electron chi connectivity index (χ4n) is 1.75. The molecule has 20 heavy (non-hydrogen) atoms. The van der Waals surface area contributed by atoms with Gasteiger partial charge in [-0.05, 0) is 31.2 Å². The molecule has 0 aliphatic rings. The zero-order valence-corrected chi connectivity index (χ0v) is 12.4. The lowest BCUT2D eigenvalue weighted by molar-refractivity contribution is 0.0923. The van der Waals surface area contributed by atoms with Crippen molar-refractivity contribution in [1.82, 2.24) is 10.3 Å². The van der Waals surface area contributed by atoms with Gasteiger partial charge in [-0.15, -0.1) is 22.7 Å².